The molecule has 3 rings (SSSR count). The average Bonchev–Trinajstić information content (AvgIpc) is 3.25. The van der Waals surface area contributed by atoms with Gasteiger partial charge in [-0.2, -0.15) is 0 Å². The second-order valence-corrected chi connectivity index (χ2v) is 8.46. The van der Waals surface area contributed by atoms with Gasteiger partial charge in [-0.05, 0) is 35.2 Å². The lowest BCUT2D eigenvalue weighted by Gasteiger charge is -2.19. The van der Waals surface area contributed by atoms with Gasteiger partial charge in [0.15, 0.2) is 5.76 Å². The Kier molecular flexibility index (Phi) is 7.50. The zero-order chi connectivity index (χ0) is 24.9. The maximum atomic E-state index is 12.5. The number of alkyl halides is 2. The fourth-order valence-corrected chi connectivity index (χ4v) is 2.98. The standard InChI is InChI=1S/C24H24F2N2O6/c1-24(2,3)15-4-6-18(7-5-15)32-13-19-8-9-21(34-19)23(29)27-16-10-17(28(30)31)12-20(11-16)33-14-22(25)26/h4-12,22H,13-14H2,1-3H3,(H,27,29). The molecule has 0 aliphatic rings. The predicted molar refractivity (Wildman–Crippen MR) is 121 cm³/mol. The molecule has 0 saturated heterocycles. The van der Waals surface area contributed by atoms with Crippen LogP contribution < -0.4 is 14.8 Å². The van der Waals surface area contributed by atoms with Crippen molar-refractivity contribution in [3.63, 3.8) is 0 Å². The summed E-state index contributed by atoms with van der Waals surface area (Å²) in [6.07, 6.45) is -2.75. The zero-order valence-corrected chi connectivity index (χ0v) is 18.8. The highest BCUT2D eigenvalue weighted by Crippen LogP contribution is 2.27. The van der Waals surface area contributed by atoms with Crippen molar-refractivity contribution in [1.82, 2.24) is 0 Å². The van der Waals surface area contributed by atoms with Gasteiger partial charge in [0.25, 0.3) is 18.0 Å². The molecule has 0 unspecified atom stereocenters. The Morgan fingerprint density at radius 3 is 2.38 bits per heavy atom. The predicted octanol–water partition coefficient (Wildman–Crippen LogP) is 5.96. The molecule has 1 N–H and O–H groups in total. The van der Waals surface area contributed by atoms with Crippen molar-refractivity contribution >= 4 is 17.3 Å². The number of hydrogen-bond acceptors (Lipinski definition) is 6. The van der Waals surface area contributed by atoms with E-state index < -0.39 is 29.6 Å². The molecule has 0 fully saturated rings. The molecule has 0 spiro atoms. The van der Waals surface area contributed by atoms with Crippen molar-refractivity contribution in [3.05, 3.63) is 81.8 Å². The first-order valence-electron chi connectivity index (χ1n) is 10.3. The summed E-state index contributed by atoms with van der Waals surface area (Å²) < 4.78 is 40.8. The lowest BCUT2D eigenvalue weighted by atomic mass is 9.87. The first kappa shape index (κ1) is 24.7. The molecule has 34 heavy (non-hydrogen) atoms. The summed E-state index contributed by atoms with van der Waals surface area (Å²) in [5.74, 6) is 0.133. The smallest absolute Gasteiger partial charge is 0.291 e. The number of rotatable bonds is 9. The van der Waals surface area contributed by atoms with Crippen LogP contribution >= 0.6 is 0 Å². The first-order chi connectivity index (χ1) is 16.0. The summed E-state index contributed by atoms with van der Waals surface area (Å²) in [6.45, 7) is 5.50. The Morgan fingerprint density at radius 1 is 1.06 bits per heavy atom. The molecule has 0 atom stereocenters. The van der Waals surface area contributed by atoms with Crippen LogP contribution in [0.5, 0.6) is 11.5 Å². The monoisotopic (exact) mass is 474 g/mol. The zero-order valence-electron chi connectivity index (χ0n) is 18.8. The molecule has 180 valence electrons. The van der Waals surface area contributed by atoms with Gasteiger partial charge in [0, 0.05) is 12.1 Å². The van der Waals surface area contributed by atoms with E-state index in [-0.39, 0.29) is 29.2 Å². The average molecular weight is 474 g/mol. The number of nitrogens with one attached hydrogen (secondary N) is 1. The molecule has 2 aromatic carbocycles. The first-order valence-corrected chi connectivity index (χ1v) is 10.3. The molecule has 0 radical (unpaired) electrons. The van der Waals surface area contributed by atoms with Crippen LogP contribution in [-0.4, -0.2) is 23.9 Å². The number of anilines is 1. The number of carbonyl (C=O) groups is 1. The molecule has 8 nitrogen and oxygen atoms in total. The number of non-ortho nitro benzene ring substituents is 1. The minimum Gasteiger partial charge on any atom is -0.487 e. The Morgan fingerprint density at radius 2 is 1.76 bits per heavy atom. The molecule has 0 aliphatic heterocycles. The van der Waals surface area contributed by atoms with E-state index in [2.05, 4.69) is 26.1 Å². The van der Waals surface area contributed by atoms with E-state index in [0.29, 0.717) is 11.5 Å². The molecule has 3 aromatic rings. The van der Waals surface area contributed by atoms with E-state index in [1.165, 1.54) is 17.7 Å². The van der Waals surface area contributed by atoms with Gasteiger partial charge in [-0.1, -0.05) is 32.9 Å². The van der Waals surface area contributed by atoms with E-state index in [4.69, 9.17) is 13.9 Å². The number of benzene rings is 2. The molecule has 0 aliphatic carbocycles. The summed E-state index contributed by atoms with van der Waals surface area (Å²) in [5, 5.41) is 13.6. The van der Waals surface area contributed by atoms with Crippen LogP contribution in [0.15, 0.2) is 59.0 Å². The van der Waals surface area contributed by atoms with Crippen molar-refractivity contribution in [1.29, 1.82) is 0 Å². The SMILES string of the molecule is CC(C)(C)c1ccc(OCc2ccc(C(=O)Nc3cc(OCC(F)F)cc([N+](=O)[O-])c3)o2)cc1. The highest BCUT2D eigenvalue weighted by atomic mass is 19.3. The van der Waals surface area contributed by atoms with Crippen LogP contribution in [0.4, 0.5) is 20.2 Å². The second kappa shape index (κ2) is 10.3. The van der Waals surface area contributed by atoms with Gasteiger partial charge in [-0.15, -0.1) is 0 Å². The van der Waals surface area contributed by atoms with Crippen molar-refractivity contribution in [3.8, 4) is 11.5 Å². The molecular formula is C24H24F2N2O6. The molecule has 1 amide bonds. The Labute approximate surface area is 194 Å². The lowest BCUT2D eigenvalue weighted by molar-refractivity contribution is -0.384. The third kappa shape index (κ3) is 6.77. The molecule has 10 heteroatoms. The molecular weight excluding hydrogens is 450 g/mol. The van der Waals surface area contributed by atoms with Crippen molar-refractivity contribution in [2.24, 2.45) is 0 Å². The number of nitro benzene ring substituents is 1. The van der Waals surface area contributed by atoms with Crippen LogP contribution in [0.25, 0.3) is 0 Å². The number of hydrogen-bond donors (Lipinski definition) is 1. The van der Waals surface area contributed by atoms with Crippen molar-refractivity contribution < 1.29 is 32.4 Å². The number of nitro groups is 1. The van der Waals surface area contributed by atoms with Crippen molar-refractivity contribution in [2.75, 3.05) is 11.9 Å². The largest absolute Gasteiger partial charge is 0.487 e. The van der Waals surface area contributed by atoms with Crippen LogP contribution in [0, 0.1) is 10.1 Å². The normalized spacial score (nSPS) is 11.4. The van der Waals surface area contributed by atoms with E-state index >= 15 is 0 Å². The van der Waals surface area contributed by atoms with Gasteiger partial charge < -0.3 is 19.2 Å². The third-order valence-electron chi connectivity index (χ3n) is 4.72. The second-order valence-electron chi connectivity index (χ2n) is 8.46. The number of halogens is 2. The van der Waals surface area contributed by atoms with Gasteiger partial charge in [0.1, 0.15) is 30.5 Å². The van der Waals surface area contributed by atoms with Crippen LogP contribution in [0.2, 0.25) is 0 Å². The van der Waals surface area contributed by atoms with Gasteiger partial charge in [-0.25, -0.2) is 8.78 Å². The van der Waals surface area contributed by atoms with E-state index in [1.54, 1.807) is 6.07 Å². The summed E-state index contributed by atoms with van der Waals surface area (Å²) in [6, 6.07) is 14.0. The Hall–Kier alpha value is -3.95. The molecule has 0 saturated carbocycles. The van der Waals surface area contributed by atoms with Crippen molar-refractivity contribution in [2.45, 2.75) is 39.2 Å². The number of nitrogens with zero attached hydrogens (tertiary/aromatic N) is 1. The van der Waals surface area contributed by atoms with Gasteiger partial charge in [-0.3, -0.25) is 14.9 Å². The van der Waals surface area contributed by atoms with Crippen LogP contribution in [0.1, 0.15) is 42.6 Å². The van der Waals surface area contributed by atoms with Gasteiger partial charge >= 0.3 is 0 Å². The molecule has 0 bridgehead atoms. The minimum absolute atomic E-state index is 0.00314. The summed E-state index contributed by atoms with van der Waals surface area (Å²) in [4.78, 5) is 22.9. The fourth-order valence-electron chi connectivity index (χ4n) is 2.98. The molecule has 1 heterocycles. The third-order valence-corrected chi connectivity index (χ3v) is 4.72. The Bertz CT molecular complexity index is 1150. The maximum Gasteiger partial charge on any atom is 0.291 e. The van der Waals surface area contributed by atoms with Gasteiger partial charge in [0.05, 0.1) is 16.7 Å². The van der Waals surface area contributed by atoms with Crippen LogP contribution in [0.3, 0.4) is 0 Å². The van der Waals surface area contributed by atoms with Crippen LogP contribution in [-0.2, 0) is 12.0 Å². The number of furan rings is 1. The van der Waals surface area contributed by atoms with E-state index in [0.717, 1.165) is 12.1 Å². The topological polar surface area (TPSA) is 104 Å². The Balaban J connectivity index is 1.64. The van der Waals surface area contributed by atoms with E-state index in [1.807, 2.05) is 24.3 Å². The lowest BCUT2D eigenvalue weighted by Crippen LogP contribution is -2.12. The highest BCUT2D eigenvalue weighted by Gasteiger charge is 2.17. The summed E-state index contributed by atoms with van der Waals surface area (Å²) >= 11 is 0. The fraction of sp³-hybridized carbons (Fsp3) is 0.292. The number of ether oxygens (including phenoxy) is 2. The number of carbonyl (C=O) groups excluding carboxylic acids is 1. The van der Waals surface area contributed by atoms with E-state index in [9.17, 15) is 23.7 Å². The highest BCUT2D eigenvalue weighted by molar-refractivity contribution is 6.02. The summed E-state index contributed by atoms with van der Waals surface area (Å²) in [7, 11) is 0. The number of amides is 1. The minimum atomic E-state index is -2.75. The summed E-state index contributed by atoms with van der Waals surface area (Å²) in [5.41, 5.74) is 0.766. The van der Waals surface area contributed by atoms with Gasteiger partial charge in [0.2, 0.25) is 0 Å². The quantitative estimate of drug-likeness (QED) is 0.303. The maximum absolute atomic E-state index is 12.5. The molecule has 1 aromatic heterocycles.